The minimum absolute atomic E-state index is 0.210. The Labute approximate surface area is 139 Å². The monoisotopic (exact) mass is 330 g/mol. The zero-order valence-corrected chi connectivity index (χ0v) is 13.3. The van der Waals surface area contributed by atoms with E-state index in [1.807, 2.05) is 19.1 Å². The van der Waals surface area contributed by atoms with Gasteiger partial charge in [-0.1, -0.05) is 29.8 Å². The van der Waals surface area contributed by atoms with Gasteiger partial charge in [0.05, 0.1) is 0 Å². The Morgan fingerprint density at radius 1 is 0.958 bits per heavy atom. The van der Waals surface area contributed by atoms with Crippen LogP contribution in [0.1, 0.15) is 11.1 Å². The summed E-state index contributed by atoms with van der Waals surface area (Å²) in [4.78, 5) is 23.3. The van der Waals surface area contributed by atoms with Crippen LogP contribution in [0.4, 0.5) is 10.1 Å². The maximum atomic E-state index is 12.8. The number of amides is 2. The Morgan fingerprint density at radius 3 is 2.25 bits per heavy atom. The number of ether oxygens (including phenoxy) is 1. The van der Waals surface area contributed by atoms with Crippen LogP contribution >= 0.6 is 0 Å². The first-order valence-electron chi connectivity index (χ1n) is 7.48. The van der Waals surface area contributed by atoms with Crippen LogP contribution in [0, 0.1) is 12.7 Å². The van der Waals surface area contributed by atoms with Crippen LogP contribution in [0.25, 0.3) is 0 Å². The number of aryl methyl sites for hydroxylation is 1. The molecule has 0 saturated heterocycles. The third-order valence-electron chi connectivity index (χ3n) is 3.20. The maximum Gasteiger partial charge on any atom is 0.250 e. The van der Waals surface area contributed by atoms with E-state index in [2.05, 4.69) is 10.6 Å². The molecule has 0 heterocycles. The van der Waals surface area contributed by atoms with E-state index in [-0.39, 0.29) is 37.4 Å². The molecule has 0 fully saturated rings. The quantitative estimate of drug-likeness (QED) is 0.819. The lowest BCUT2D eigenvalue weighted by Gasteiger charge is -2.08. The molecule has 2 aromatic carbocycles. The fourth-order valence-electron chi connectivity index (χ4n) is 1.92. The highest BCUT2D eigenvalue weighted by Gasteiger charge is 2.06. The molecule has 24 heavy (non-hydrogen) atoms. The molecule has 6 heteroatoms. The van der Waals surface area contributed by atoms with Crippen molar-refractivity contribution in [2.75, 3.05) is 18.5 Å². The Hall–Kier alpha value is -2.73. The summed E-state index contributed by atoms with van der Waals surface area (Å²) in [5, 5.41) is 5.30. The van der Waals surface area contributed by atoms with Gasteiger partial charge in [-0.15, -0.1) is 0 Å². The molecular weight excluding hydrogens is 311 g/mol. The molecule has 2 aromatic rings. The largest absolute Gasteiger partial charge is 0.362 e. The lowest BCUT2D eigenvalue weighted by Crippen LogP contribution is -2.29. The minimum Gasteiger partial charge on any atom is -0.362 e. The van der Waals surface area contributed by atoms with E-state index < -0.39 is 0 Å². The summed E-state index contributed by atoms with van der Waals surface area (Å²) in [6.07, 6.45) is 0. The van der Waals surface area contributed by atoms with E-state index >= 15 is 0 Å². The second-order valence-corrected chi connectivity index (χ2v) is 5.31. The highest BCUT2D eigenvalue weighted by atomic mass is 19.1. The van der Waals surface area contributed by atoms with Crippen molar-refractivity contribution in [3.63, 3.8) is 0 Å². The molecule has 0 aliphatic heterocycles. The summed E-state index contributed by atoms with van der Waals surface area (Å²) < 4.78 is 17.8. The molecule has 126 valence electrons. The molecule has 0 aromatic heterocycles. The van der Waals surface area contributed by atoms with Gasteiger partial charge in [-0.3, -0.25) is 9.59 Å². The van der Waals surface area contributed by atoms with Gasteiger partial charge in [0.25, 0.3) is 0 Å². The first-order chi connectivity index (χ1) is 11.5. The van der Waals surface area contributed by atoms with E-state index in [9.17, 15) is 14.0 Å². The van der Waals surface area contributed by atoms with Crippen LogP contribution in [0.15, 0.2) is 48.5 Å². The third-order valence-corrected chi connectivity index (χ3v) is 3.20. The number of halogens is 1. The number of carbonyl (C=O) groups is 2. The number of anilines is 1. The fraction of sp³-hybridized carbons (Fsp3) is 0.222. The first kappa shape index (κ1) is 17.6. The number of rotatable bonds is 7. The predicted molar refractivity (Wildman–Crippen MR) is 88.9 cm³/mol. The second-order valence-electron chi connectivity index (χ2n) is 5.31. The average Bonchev–Trinajstić information content (AvgIpc) is 2.56. The summed E-state index contributed by atoms with van der Waals surface area (Å²) in [5.41, 5.74) is 2.55. The van der Waals surface area contributed by atoms with Crippen LogP contribution in [-0.4, -0.2) is 25.0 Å². The van der Waals surface area contributed by atoms with Crippen LogP contribution in [-0.2, 0) is 20.9 Å². The second kappa shape index (κ2) is 8.79. The van der Waals surface area contributed by atoms with Gasteiger partial charge in [0.15, 0.2) is 0 Å². The fourth-order valence-corrected chi connectivity index (χ4v) is 1.92. The molecule has 2 rings (SSSR count). The lowest BCUT2D eigenvalue weighted by atomic mass is 10.2. The maximum absolute atomic E-state index is 12.8. The summed E-state index contributed by atoms with van der Waals surface area (Å²) >= 11 is 0. The summed E-state index contributed by atoms with van der Waals surface area (Å²) in [6, 6.07) is 13.2. The van der Waals surface area contributed by atoms with Crippen molar-refractivity contribution in [2.45, 2.75) is 13.5 Å². The molecule has 0 saturated carbocycles. The number of benzene rings is 2. The molecule has 2 N–H and O–H groups in total. The third kappa shape index (κ3) is 6.18. The lowest BCUT2D eigenvalue weighted by molar-refractivity contribution is -0.128. The van der Waals surface area contributed by atoms with Crippen LogP contribution in [0.5, 0.6) is 0 Å². The van der Waals surface area contributed by atoms with E-state index in [0.29, 0.717) is 5.69 Å². The minimum atomic E-state index is -0.345. The van der Waals surface area contributed by atoms with Gasteiger partial charge in [-0.25, -0.2) is 4.39 Å². The van der Waals surface area contributed by atoms with E-state index in [4.69, 9.17) is 4.74 Å². The van der Waals surface area contributed by atoms with Gasteiger partial charge in [-0.05, 0) is 36.8 Å². The van der Waals surface area contributed by atoms with Gasteiger partial charge in [0, 0.05) is 12.2 Å². The molecule has 0 spiro atoms. The molecule has 0 aliphatic carbocycles. The number of nitrogens with one attached hydrogen (secondary N) is 2. The molecule has 0 unspecified atom stereocenters. The normalized spacial score (nSPS) is 10.2. The molecular formula is C18H19FN2O3. The van der Waals surface area contributed by atoms with Crippen molar-refractivity contribution < 1.29 is 18.7 Å². The summed E-state index contributed by atoms with van der Waals surface area (Å²) in [7, 11) is 0. The number of hydrogen-bond acceptors (Lipinski definition) is 3. The van der Waals surface area contributed by atoms with Crippen molar-refractivity contribution in [1.82, 2.24) is 5.32 Å². The van der Waals surface area contributed by atoms with Gasteiger partial charge in [0.1, 0.15) is 19.0 Å². The molecule has 0 bridgehead atoms. The van der Waals surface area contributed by atoms with Crippen molar-refractivity contribution in [2.24, 2.45) is 0 Å². The van der Waals surface area contributed by atoms with E-state index in [1.165, 1.54) is 12.1 Å². The first-order valence-corrected chi connectivity index (χ1v) is 7.48. The van der Waals surface area contributed by atoms with E-state index in [1.54, 1.807) is 24.3 Å². The molecule has 0 atom stereocenters. The highest BCUT2D eigenvalue weighted by Crippen LogP contribution is 2.08. The number of hydrogen-bond donors (Lipinski definition) is 2. The predicted octanol–water partition coefficient (Wildman–Crippen LogP) is 2.41. The van der Waals surface area contributed by atoms with Crippen molar-refractivity contribution in [3.8, 4) is 0 Å². The smallest absolute Gasteiger partial charge is 0.250 e. The van der Waals surface area contributed by atoms with Gasteiger partial charge < -0.3 is 15.4 Å². The number of carbonyl (C=O) groups excluding carboxylic acids is 2. The summed E-state index contributed by atoms with van der Waals surface area (Å²) in [5.74, 6) is -0.999. The molecule has 2 amide bonds. The zero-order valence-electron chi connectivity index (χ0n) is 13.3. The molecule has 0 aliphatic rings. The Bertz CT molecular complexity index is 684. The average molecular weight is 330 g/mol. The zero-order chi connectivity index (χ0) is 17.4. The van der Waals surface area contributed by atoms with E-state index in [0.717, 1.165) is 11.1 Å². The molecule has 0 radical (unpaired) electrons. The van der Waals surface area contributed by atoms with Gasteiger partial charge in [-0.2, -0.15) is 0 Å². The molecule has 5 nitrogen and oxygen atoms in total. The SMILES string of the molecule is Cc1ccc(NC(=O)COCC(=O)NCc2ccc(F)cc2)cc1. The van der Waals surface area contributed by atoms with Crippen LogP contribution in [0.3, 0.4) is 0 Å². The highest BCUT2D eigenvalue weighted by molar-refractivity contribution is 5.91. The van der Waals surface area contributed by atoms with Crippen molar-refractivity contribution in [3.05, 3.63) is 65.5 Å². The standard InChI is InChI=1S/C18H19FN2O3/c1-13-2-8-16(9-3-13)21-18(23)12-24-11-17(22)20-10-14-4-6-15(19)7-5-14/h2-9H,10-12H2,1H3,(H,20,22)(H,21,23). The summed E-state index contributed by atoms with van der Waals surface area (Å²) in [6.45, 7) is 1.80. The van der Waals surface area contributed by atoms with Crippen LogP contribution in [0.2, 0.25) is 0 Å². The Balaban J connectivity index is 1.63. The topological polar surface area (TPSA) is 67.4 Å². The van der Waals surface area contributed by atoms with Crippen molar-refractivity contribution >= 4 is 17.5 Å². The Morgan fingerprint density at radius 2 is 1.58 bits per heavy atom. The van der Waals surface area contributed by atoms with Gasteiger partial charge in [0.2, 0.25) is 11.8 Å². The van der Waals surface area contributed by atoms with Gasteiger partial charge >= 0.3 is 0 Å². The van der Waals surface area contributed by atoms with Crippen molar-refractivity contribution in [1.29, 1.82) is 0 Å². The van der Waals surface area contributed by atoms with Crippen LogP contribution < -0.4 is 10.6 Å². The Kier molecular flexibility index (Phi) is 6.45.